The van der Waals surface area contributed by atoms with Crippen molar-refractivity contribution in [3.8, 4) is 0 Å². The van der Waals surface area contributed by atoms with E-state index in [-0.39, 0.29) is 0 Å². The Morgan fingerprint density at radius 2 is 0.397 bits per heavy atom. The molecule has 0 saturated carbocycles. The molecule has 408 valence electrons. The van der Waals surface area contributed by atoms with Crippen LogP contribution in [0.5, 0.6) is 0 Å². The summed E-state index contributed by atoms with van der Waals surface area (Å²) in [5.74, 6) is -23.4. The smallest absolute Gasteiger partial charge is 0.326 e. The summed E-state index contributed by atoms with van der Waals surface area (Å²) in [5.41, 5.74) is 5.68. The maximum atomic E-state index is 13.8. The van der Waals surface area contributed by atoms with Gasteiger partial charge >= 0.3 is 53.7 Å². The van der Waals surface area contributed by atoms with Gasteiger partial charge in [0.1, 0.15) is 42.3 Å². The van der Waals surface area contributed by atoms with Gasteiger partial charge in [-0.1, -0.05) is 0 Å². The largest absolute Gasteiger partial charge is 0.481 e. The average molecular weight is 1050 g/mol. The van der Waals surface area contributed by atoms with Crippen molar-refractivity contribution in [3.05, 3.63) is 0 Å². The van der Waals surface area contributed by atoms with Crippen LogP contribution in [0.15, 0.2) is 0 Å². The zero-order valence-corrected chi connectivity index (χ0v) is 38.6. The fourth-order valence-electron chi connectivity index (χ4n) is 6.07. The number of aliphatic carboxylic acids is 9. The van der Waals surface area contributed by atoms with Crippen LogP contribution < -0.4 is 43.0 Å². The first kappa shape index (κ1) is 64.5. The Bertz CT molecular complexity index is 2080. The van der Waals surface area contributed by atoms with Gasteiger partial charge in [-0.3, -0.25) is 71.9 Å². The van der Waals surface area contributed by atoms with Crippen LogP contribution in [0.4, 0.5) is 0 Å². The number of amides is 7. The molecule has 0 unspecified atom stereocenters. The van der Waals surface area contributed by atoms with Gasteiger partial charge in [-0.05, 0) is 51.4 Å². The Labute approximate surface area is 411 Å². The summed E-state index contributed by atoms with van der Waals surface area (Å²) in [5, 5.41) is 97.6. The summed E-state index contributed by atoms with van der Waals surface area (Å²) in [6, 6.07) is -15.3. The van der Waals surface area contributed by atoms with Gasteiger partial charge in [0.05, 0.1) is 6.04 Å². The highest BCUT2D eigenvalue weighted by atomic mass is 16.4. The normalized spacial score (nSPS) is 14.0. The van der Waals surface area contributed by atoms with Crippen LogP contribution in [-0.4, -0.2) is 189 Å². The van der Waals surface area contributed by atoms with Crippen molar-refractivity contribution in [2.24, 2.45) is 5.73 Å². The van der Waals surface area contributed by atoms with Crippen molar-refractivity contribution in [2.75, 3.05) is 0 Å². The van der Waals surface area contributed by atoms with Crippen LogP contribution >= 0.6 is 0 Å². The molecule has 73 heavy (non-hydrogen) atoms. The Morgan fingerprint density at radius 3 is 0.575 bits per heavy atom. The Balaban J connectivity index is 6.91. The summed E-state index contributed by atoms with van der Waals surface area (Å²) in [4.78, 5) is 197. The number of carbonyl (C=O) groups excluding carboxylic acids is 7. The summed E-state index contributed by atoms with van der Waals surface area (Å²) in [7, 11) is 0. The maximum absolute atomic E-state index is 13.8. The molecular formula is C40H58N8O25. The maximum Gasteiger partial charge on any atom is 0.326 e. The molecule has 0 aromatic rings. The van der Waals surface area contributed by atoms with E-state index in [1.807, 2.05) is 21.3 Å². The Kier molecular flexibility index (Phi) is 29.3. The molecule has 0 heterocycles. The molecule has 0 aliphatic carbocycles. The summed E-state index contributed by atoms with van der Waals surface area (Å²) in [6.07, 6.45) is -12.5. The van der Waals surface area contributed by atoms with Gasteiger partial charge in [0.25, 0.3) is 0 Å². The van der Waals surface area contributed by atoms with Gasteiger partial charge in [0.15, 0.2) is 0 Å². The molecular weight excluding hydrogens is 992 g/mol. The summed E-state index contributed by atoms with van der Waals surface area (Å²) < 4.78 is 0. The number of hydrogen-bond donors (Lipinski definition) is 17. The first-order valence-corrected chi connectivity index (χ1v) is 21.8. The van der Waals surface area contributed by atoms with E-state index in [0.717, 1.165) is 0 Å². The lowest BCUT2D eigenvalue weighted by Gasteiger charge is -2.27. The molecule has 0 bridgehead atoms. The predicted molar refractivity (Wildman–Crippen MR) is 234 cm³/mol. The van der Waals surface area contributed by atoms with Gasteiger partial charge < -0.3 is 88.9 Å². The molecule has 7 amide bonds. The SMILES string of the molecule is N[C@@H](CCC(=O)O)C(=O)N[C@@H](CCC(=O)O)C(=O)N[C@@H](CCC(=O)O)C(=O)N[C@@H](CCC(=O)O)C(=O)N[C@@H](CCC(=O)O)C(=O)N[C@@H](CCC(=O)O)C(=O)N[C@@H](CCC(=O)O)C(=O)N[C@@H](CCC(=O)O)C(=O)O. The van der Waals surface area contributed by atoms with Gasteiger partial charge in [-0.15, -0.1) is 0 Å². The van der Waals surface area contributed by atoms with E-state index in [1.54, 1.807) is 0 Å². The molecule has 0 spiro atoms. The number of rotatable bonds is 39. The molecule has 18 N–H and O–H groups in total. The molecule has 33 heteroatoms. The second-order valence-corrected chi connectivity index (χ2v) is 15.8. The second kappa shape index (κ2) is 33.1. The minimum atomic E-state index is -2.06. The highest BCUT2D eigenvalue weighted by molar-refractivity contribution is 5.98. The lowest BCUT2D eigenvalue weighted by Crippen LogP contribution is -2.60. The third-order valence-corrected chi connectivity index (χ3v) is 9.95. The summed E-state index contributed by atoms with van der Waals surface area (Å²) in [6.45, 7) is 0. The lowest BCUT2D eigenvalue weighted by molar-refractivity contribution is -0.144. The van der Waals surface area contributed by atoms with Gasteiger partial charge in [0, 0.05) is 51.4 Å². The lowest BCUT2D eigenvalue weighted by atomic mass is 10.0. The fourth-order valence-corrected chi connectivity index (χ4v) is 6.07. The van der Waals surface area contributed by atoms with Crippen molar-refractivity contribution >= 4 is 95.1 Å². The monoisotopic (exact) mass is 1050 g/mol. The second-order valence-electron chi connectivity index (χ2n) is 15.8. The molecule has 0 aromatic heterocycles. The standard InChI is InChI=1S/C40H58N8O25/c41-17(1-9-25(49)50)33(65)42-18(2-10-26(51)52)34(66)43-19(3-11-27(53)54)35(67)44-20(4-12-28(55)56)36(68)45-21(5-13-29(57)58)37(69)46-22(6-14-30(59)60)38(70)47-23(7-15-31(61)62)39(71)48-24(40(72)73)8-16-32(63)64/h17-24H,1-16,41H2,(H,42,65)(H,43,66)(H,44,67)(H,45,68)(H,46,69)(H,47,70)(H,48,71)(H,49,50)(H,51,52)(H,53,54)(H,55,56)(H,57,58)(H,59,60)(H,61,62)(H,63,64)(H,72,73)/t17-,18-,19-,20-,21-,22-,23-,24-/m0/s1. The van der Waals surface area contributed by atoms with E-state index in [9.17, 15) is 112 Å². The van der Waals surface area contributed by atoms with Crippen LogP contribution in [0.3, 0.4) is 0 Å². The zero-order chi connectivity index (χ0) is 56.1. The number of hydrogen-bond acceptors (Lipinski definition) is 17. The molecule has 0 saturated heterocycles. The van der Waals surface area contributed by atoms with Gasteiger partial charge in [0.2, 0.25) is 41.4 Å². The number of carbonyl (C=O) groups is 16. The molecule has 0 fully saturated rings. The highest BCUT2D eigenvalue weighted by Gasteiger charge is 2.35. The molecule has 0 aliphatic rings. The van der Waals surface area contributed by atoms with E-state index in [0.29, 0.717) is 0 Å². The Morgan fingerprint density at radius 1 is 0.247 bits per heavy atom. The molecule has 8 atom stereocenters. The number of carboxylic acids is 9. The van der Waals surface area contributed by atoms with Crippen LogP contribution in [0.25, 0.3) is 0 Å². The van der Waals surface area contributed by atoms with Gasteiger partial charge in [-0.25, -0.2) is 4.79 Å². The van der Waals surface area contributed by atoms with Crippen molar-refractivity contribution in [2.45, 2.75) is 151 Å². The quantitative estimate of drug-likeness (QED) is 0.0273. The van der Waals surface area contributed by atoms with Crippen LogP contribution in [-0.2, 0) is 76.7 Å². The minimum Gasteiger partial charge on any atom is -0.481 e. The van der Waals surface area contributed by atoms with Crippen molar-refractivity contribution in [3.63, 3.8) is 0 Å². The third kappa shape index (κ3) is 28.7. The van der Waals surface area contributed by atoms with Crippen LogP contribution in [0, 0.1) is 0 Å². The number of carboxylic acid groups (broad SMARTS) is 9. The molecule has 0 aliphatic heterocycles. The molecule has 0 rings (SSSR count). The molecule has 33 nitrogen and oxygen atoms in total. The van der Waals surface area contributed by atoms with E-state index >= 15 is 0 Å². The number of nitrogens with one attached hydrogen (secondary N) is 7. The fraction of sp³-hybridized carbons (Fsp3) is 0.600. The third-order valence-electron chi connectivity index (χ3n) is 9.95. The predicted octanol–water partition coefficient (Wildman–Crippen LogP) is -5.29. The van der Waals surface area contributed by atoms with E-state index < -0.39 is 246 Å². The minimum absolute atomic E-state index is 0.439. The van der Waals surface area contributed by atoms with Crippen molar-refractivity contribution < 1.29 is 123 Å². The van der Waals surface area contributed by atoms with E-state index in [4.69, 9.17) is 15.9 Å². The molecule has 0 radical (unpaired) electrons. The zero-order valence-electron chi connectivity index (χ0n) is 38.6. The van der Waals surface area contributed by atoms with Crippen molar-refractivity contribution in [1.82, 2.24) is 37.2 Å². The highest BCUT2D eigenvalue weighted by Crippen LogP contribution is 2.11. The summed E-state index contributed by atoms with van der Waals surface area (Å²) >= 11 is 0. The number of nitrogens with two attached hydrogens (primary N) is 1. The van der Waals surface area contributed by atoms with Crippen LogP contribution in [0.1, 0.15) is 103 Å². The first-order chi connectivity index (χ1) is 33.9. The Hall–Kier alpha value is -8.52. The topological polar surface area (TPSA) is 565 Å². The van der Waals surface area contributed by atoms with E-state index in [2.05, 4.69) is 16.0 Å². The first-order valence-electron chi connectivity index (χ1n) is 21.8. The van der Waals surface area contributed by atoms with Gasteiger partial charge in [-0.2, -0.15) is 0 Å². The average Bonchev–Trinajstić information content (AvgIpc) is 3.28. The van der Waals surface area contributed by atoms with Crippen molar-refractivity contribution in [1.29, 1.82) is 0 Å². The molecule has 0 aromatic carbocycles. The van der Waals surface area contributed by atoms with Crippen LogP contribution in [0.2, 0.25) is 0 Å². The van der Waals surface area contributed by atoms with E-state index in [1.165, 1.54) is 0 Å².